The number of thiazole rings is 1. The molecule has 0 bridgehead atoms. The van der Waals surface area contributed by atoms with Gasteiger partial charge in [0.05, 0.1) is 45.5 Å². The number of hydrogen-bond acceptors (Lipinski definition) is 15. The number of aromatic nitrogens is 6. The van der Waals surface area contributed by atoms with Crippen LogP contribution in [0, 0.1) is 0 Å². The van der Waals surface area contributed by atoms with Crippen LogP contribution in [-0.4, -0.2) is 131 Å². The van der Waals surface area contributed by atoms with Crippen LogP contribution < -0.4 is 5.73 Å². The summed E-state index contributed by atoms with van der Waals surface area (Å²) < 4.78 is 0. The monoisotopic (exact) mass is 1130 g/mol. The van der Waals surface area contributed by atoms with Crippen molar-refractivity contribution >= 4 is 35.2 Å². The first-order valence-corrected chi connectivity index (χ1v) is 30.7. The molecule has 2 N–H and O–H groups in total. The summed E-state index contributed by atoms with van der Waals surface area (Å²) in [4.78, 5) is 51.5. The van der Waals surface area contributed by atoms with Crippen molar-refractivity contribution in [1.82, 2.24) is 44.6 Å². The van der Waals surface area contributed by atoms with Crippen molar-refractivity contribution in [2.24, 2.45) is 25.7 Å². The van der Waals surface area contributed by atoms with E-state index in [0.717, 1.165) is 106 Å². The van der Waals surface area contributed by atoms with Gasteiger partial charge in [0, 0.05) is 131 Å². The predicted molar refractivity (Wildman–Crippen MR) is 340 cm³/mol. The molecule has 4 spiro atoms. The lowest BCUT2D eigenvalue weighted by atomic mass is 9.75. The second-order valence-electron chi connectivity index (χ2n) is 24.8. The van der Waals surface area contributed by atoms with E-state index in [1.807, 2.05) is 62.1 Å². The highest BCUT2D eigenvalue weighted by molar-refractivity contribution is 7.07. The summed E-state index contributed by atoms with van der Waals surface area (Å²) >= 11 is 1.67. The summed E-state index contributed by atoms with van der Waals surface area (Å²) in [6.07, 6.45) is 30.7. The zero-order valence-electron chi connectivity index (χ0n) is 49.0. The minimum Gasteiger partial charge on any atom is -0.370 e. The fourth-order valence-electron chi connectivity index (χ4n) is 14.7. The SMILES string of the molecule is CC1=NC2(CC1)CCc1cccc(-c3cscn3)c1C2.CC1=NC2(Cc3cccc(-c4cncnc4)c3C2)CN1C.CN1C=NC2(CCc3cccc(-c4cncnc4)c3C2)C1.CN1C[C@@]2(CCc3c(cccc3-c3cccnc3)C2)N=C1N. The standard InChI is InChI=1S/C18H20N4.2C17H18N4.C17H18N2S/c1-22-12-18(21-17(22)19)8-7-16-13(10-18)4-2-6-15(16)14-5-3-9-20-11-14;1-12-20-17(10-21(12)2)6-13-4-3-5-15(16(13)7-17)14-8-18-11-19-9-14;1-21-10-17(20-12-21)6-5-13-3-2-4-15(16(13)7-17)14-8-18-11-19-9-14;1-12-5-7-17(19-12)8-6-13-3-2-4-14(15(13)9-17)16-10-20-11-18-16/h2-6,9,11H,7-8,10,12H2,1H3,(H2,19,21);3-5,8-9,11H,6-7,10H2,1-2H3;2-4,8-9,11-12H,5-7,10H2,1H3;2-4,10-11H,5-9H2,1H3/t18-;;;/m0.../s1. The normalized spacial score (nSPS) is 23.8. The van der Waals surface area contributed by atoms with Gasteiger partial charge in [-0.3, -0.25) is 20.0 Å². The molecule has 0 radical (unpaired) electrons. The molecule has 15 heteroatoms. The van der Waals surface area contributed by atoms with Crippen LogP contribution >= 0.6 is 11.3 Å². The molecule has 84 heavy (non-hydrogen) atoms. The summed E-state index contributed by atoms with van der Waals surface area (Å²) in [6.45, 7) is 7.24. The number of benzene rings is 4. The summed E-state index contributed by atoms with van der Waals surface area (Å²) in [5.41, 5.74) is 30.7. The van der Waals surface area contributed by atoms with E-state index >= 15 is 0 Å². The smallest absolute Gasteiger partial charge is 0.191 e. The molecule has 0 fully saturated rings. The molecular weight excluding hydrogens is 1060 g/mol. The number of hydrogen-bond donors (Lipinski definition) is 1. The van der Waals surface area contributed by atoms with Gasteiger partial charge in [-0.2, -0.15) is 0 Å². The minimum absolute atomic E-state index is 0.0284. The maximum Gasteiger partial charge on any atom is 0.191 e. The number of likely N-dealkylation sites (N-methyl/N-ethyl adjacent to an activating group) is 3. The lowest BCUT2D eigenvalue weighted by molar-refractivity contribution is 0.335. The van der Waals surface area contributed by atoms with Gasteiger partial charge in [0.2, 0.25) is 0 Å². The lowest BCUT2D eigenvalue weighted by Gasteiger charge is -2.33. The van der Waals surface area contributed by atoms with E-state index in [-0.39, 0.29) is 22.2 Å². The van der Waals surface area contributed by atoms with Crippen molar-refractivity contribution in [3.63, 3.8) is 0 Å². The zero-order chi connectivity index (χ0) is 57.5. The molecule has 426 valence electrons. The summed E-state index contributed by atoms with van der Waals surface area (Å²) in [5, 5.41) is 2.15. The Morgan fingerprint density at radius 1 is 0.476 bits per heavy atom. The number of nitrogens with two attached hydrogens (primary N) is 1. The zero-order valence-corrected chi connectivity index (χ0v) is 49.9. The van der Waals surface area contributed by atoms with E-state index in [1.54, 1.807) is 24.0 Å². The Kier molecular flexibility index (Phi) is 14.8. The second kappa shape index (κ2) is 22.7. The van der Waals surface area contributed by atoms with Gasteiger partial charge in [-0.05, 0) is 145 Å². The molecule has 4 aliphatic heterocycles. The van der Waals surface area contributed by atoms with Crippen LogP contribution in [0.25, 0.3) is 44.6 Å². The van der Waals surface area contributed by atoms with Crippen LogP contribution in [0.5, 0.6) is 0 Å². The first kappa shape index (κ1) is 54.9. The first-order valence-electron chi connectivity index (χ1n) is 29.7. The molecule has 0 saturated carbocycles. The second-order valence-corrected chi connectivity index (χ2v) is 25.5. The molecule has 4 aliphatic carbocycles. The average molecular weight is 1130 g/mol. The van der Waals surface area contributed by atoms with Crippen LogP contribution in [-0.2, 0) is 51.4 Å². The highest BCUT2D eigenvalue weighted by atomic mass is 32.1. The number of nitrogens with zero attached hydrogens (tertiary/aromatic N) is 13. The largest absolute Gasteiger partial charge is 0.370 e. The molecular formula is C69H74N14S. The number of guanidine groups is 1. The molecule has 4 aromatic heterocycles. The third-order valence-electron chi connectivity index (χ3n) is 18.8. The van der Waals surface area contributed by atoms with E-state index in [4.69, 9.17) is 25.7 Å². The van der Waals surface area contributed by atoms with E-state index in [2.05, 4.69) is 157 Å². The molecule has 14 nitrogen and oxygen atoms in total. The Labute approximate surface area is 498 Å². The Balaban J connectivity index is 0.000000105. The maximum atomic E-state index is 5.99. The average Bonchev–Trinajstić information content (AvgIpc) is 4.34. The molecule has 4 atom stereocenters. The van der Waals surface area contributed by atoms with Crippen LogP contribution in [0.2, 0.25) is 0 Å². The molecule has 0 amide bonds. The molecule has 8 aliphatic rings. The number of aliphatic imine (C=N–C) groups is 4. The van der Waals surface area contributed by atoms with Gasteiger partial charge in [0.15, 0.2) is 5.96 Å². The number of pyridine rings is 1. The number of amidine groups is 1. The highest BCUT2D eigenvalue weighted by Gasteiger charge is 2.44. The summed E-state index contributed by atoms with van der Waals surface area (Å²) in [6, 6.07) is 30.5. The first-order chi connectivity index (χ1) is 40.9. The number of aryl methyl sites for hydroxylation is 2. The fourth-order valence-corrected chi connectivity index (χ4v) is 15.3. The number of fused-ring (bicyclic) bond motifs is 4. The van der Waals surface area contributed by atoms with Crippen LogP contribution in [0.3, 0.4) is 0 Å². The topological polar surface area (TPSA) is 163 Å². The van der Waals surface area contributed by atoms with E-state index in [9.17, 15) is 0 Å². The fraction of sp³-hybridized carbons (Fsp3) is 0.362. The number of rotatable bonds is 4. The lowest BCUT2D eigenvalue weighted by Crippen LogP contribution is -2.39. The van der Waals surface area contributed by atoms with Crippen LogP contribution in [0.1, 0.15) is 90.5 Å². The van der Waals surface area contributed by atoms with E-state index in [1.165, 1.54) is 97.3 Å². The van der Waals surface area contributed by atoms with E-state index < -0.39 is 0 Å². The Bertz CT molecular complexity index is 3830. The molecule has 16 rings (SSSR count). The minimum atomic E-state index is -0.0284. The van der Waals surface area contributed by atoms with Gasteiger partial charge in [0.25, 0.3) is 0 Å². The molecule has 3 unspecified atom stereocenters. The van der Waals surface area contributed by atoms with Gasteiger partial charge in [-0.15, -0.1) is 11.3 Å². The van der Waals surface area contributed by atoms with Crippen molar-refractivity contribution < 1.29 is 0 Å². The van der Waals surface area contributed by atoms with Gasteiger partial charge < -0.3 is 20.4 Å². The third-order valence-corrected chi connectivity index (χ3v) is 19.4. The van der Waals surface area contributed by atoms with Crippen molar-refractivity contribution in [2.45, 2.75) is 119 Å². The van der Waals surface area contributed by atoms with Crippen molar-refractivity contribution in [1.29, 1.82) is 0 Å². The molecule has 0 saturated heterocycles. The van der Waals surface area contributed by atoms with Gasteiger partial charge in [-0.25, -0.2) is 29.9 Å². The molecule has 8 aromatic rings. The van der Waals surface area contributed by atoms with Gasteiger partial charge in [0.1, 0.15) is 12.7 Å². The quantitative estimate of drug-likeness (QED) is 0.179. The summed E-state index contributed by atoms with van der Waals surface area (Å²) in [5.74, 6) is 1.82. The van der Waals surface area contributed by atoms with Gasteiger partial charge >= 0.3 is 0 Å². The Morgan fingerprint density at radius 3 is 1.60 bits per heavy atom. The van der Waals surface area contributed by atoms with Crippen LogP contribution in [0.4, 0.5) is 0 Å². The van der Waals surface area contributed by atoms with Gasteiger partial charge in [-0.1, -0.05) is 78.9 Å². The van der Waals surface area contributed by atoms with Crippen molar-refractivity contribution in [2.75, 3.05) is 40.8 Å². The highest BCUT2D eigenvalue weighted by Crippen LogP contribution is 2.45. The maximum absolute atomic E-state index is 5.99. The molecule has 8 heterocycles. The van der Waals surface area contributed by atoms with E-state index in [0.29, 0.717) is 5.96 Å². The van der Waals surface area contributed by atoms with Crippen LogP contribution in [0.15, 0.2) is 166 Å². The predicted octanol–water partition coefficient (Wildman–Crippen LogP) is 11.2. The van der Waals surface area contributed by atoms with Crippen molar-refractivity contribution in [3.8, 4) is 44.6 Å². The summed E-state index contributed by atoms with van der Waals surface area (Å²) in [7, 11) is 6.25. The molecule has 4 aromatic carbocycles. The Hall–Kier alpha value is -8.30. The van der Waals surface area contributed by atoms with Crippen molar-refractivity contribution in [3.05, 3.63) is 190 Å². The Morgan fingerprint density at radius 2 is 1.02 bits per heavy atom. The third kappa shape index (κ3) is 11.1.